The number of rotatable bonds is 4. The molecule has 2 nitrogen and oxygen atoms in total. The lowest BCUT2D eigenvalue weighted by molar-refractivity contribution is 0.340. The smallest absolute Gasteiger partial charge is 0.0991 e. The zero-order valence-corrected chi connectivity index (χ0v) is 11.1. The summed E-state index contributed by atoms with van der Waals surface area (Å²) in [7, 11) is 0. The van der Waals surface area contributed by atoms with Gasteiger partial charge < -0.3 is 5.11 Å². The van der Waals surface area contributed by atoms with E-state index in [2.05, 4.69) is 6.07 Å². The summed E-state index contributed by atoms with van der Waals surface area (Å²) in [6.45, 7) is -0.000434. The lowest BCUT2D eigenvalue weighted by atomic mass is 10.1. The molecule has 2 aromatic rings. The van der Waals surface area contributed by atoms with Crippen molar-refractivity contribution in [3.05, 3.63) is 70.6 Å². The molecule has 0 spiro atoms. The van der Waals surface area contributed by atoms with Crippen molar-refractivity contribution in [1.29, 1.82) is 5.26 Å². The number of aliphatic hydroxyl groups is 1. The van der Waals surface area contributed by atoms with Crippen LogP contribution in [0.4, 0.5) is 0 Å². The summed E-state index contributed by atoms with van der Waals surface area (Å²) in [5.41, 5.74) is 1.62. The van der Waals surface area contributed by atoms with E-state index in [0.717, 1.165) is 15.4 Å². The fourth-order valence-electron chi connectivity index (χ4n) is 1.59. The van der Waals surface area contributed by atoms with E-state index in [1.807, 2.05) is 48.5 Å². The predicted octanol–water partition coefficient (Wildman–Crippen LogP) is 3.68. The van der Waals surface area contributed by atoms with Crippen LogP contribution >= 0.6 is 11.8 Å². The minimum absolute atomic E-state index is 0.000434. The van der Waals surface area contributed by atoms with Gasteiger partial charge >= 0.3 is 0 Å². The number of hydrogen-bond acceptors (Lipinski definition) is 3. The molecule has 0 aliphatic heterocycles. The molecule has 0 fully saturated rings. The fraction of sp³-hybridized carbons (Fsp3) is 0.0625. The van der Waals surface area contributed by atoms with Gasteiger partial charge in [0.25, 0.3) is 0 Å². The monoisotopic (exact) mass is 267 g/mol. The molecule has 0 atom stereocenters. The summed E-state index contributed by atoms with van der Waals surface area (Å²) < 4.78 is 0. The lowest BCUT2D eigenvalue weighted by Gasteiger charge is -2.04. The Morgan fingerprint density at radius 1 is 1.11 bits per heavy atom. The summed E-state index contributed by atoms with van der Waals surface area (Å²) in [6, 6.07) is 19.3. The Labute approximate surface area is 117 Å². The minimum Gasteiger partial charge on any atom is -0.391 e. The maximum absolute atomic E-state index is 9.41. The van der Waals surface area contributed by atoms with Gasteiger partial charge in [-0.1, -0.05) is 42.1 Å². The second-order valence-corrected chi connectivity index (χ2v) is 5.12. The summed E-state index contributed by atoms with van der Waals surface area (Å²) in [6.07, 6.45) is 1.93. The number of hydrogen-bond donors (Lipinski definition) is 1. The van der Waals surface area contributed by atoms with Gasteiger partial charge in [0.05, 0.1) is 18.2 Å². The Morgan fingerprint density at radius 2 is 1.79 bits per heavy atom. The molecule has 0 aliphatic rings. The number of nitriles is 1. The Morgan fingerprint density at radius 3 is 2.37 bits per heavy atom. The number of aliphatic hydroxyl groups excluding tert-OH is 1. The van der Waals surface area contributed by atoms with Crippen molar-refractivity contribution in [3.63, 3.8) is 0 Å². The lowest BCUT2D eigenvalue weighted by Crippen LogP contribution is -1.86. The first-order valence-electron chi connectivity index (χ1n) is 5.86. The van der Waals surface area contributed by atoms with Crippen LogP contribution in [-0.4, -0.2) is 11.7 Å². The van der Waals surface area contributed by atoms with E-state index in [-0.39, 0.29) is 6.61 Å². The first kappa shape index (κ1) is 13.4. The van der Waals surface area contributed by atoms with Crippen LogP contribution in [0.25, 0.3) is 6.08 Å². The molecule has 2 rings (SSSR count). The van der Waals surface area contributed by atoms with Gasteiger partial charge in [-0.15, -0.1) is 0 Å². The van der Waals surface area contributed by atoms with Crippen molar-refractivity contribution in [3.8, 4) is 6.07 Å². The van der Waals surface area contributed by atoms with Crippen LogP contribution in [-0.2, 0) is 0 Å². The zero-order valence-electron chi connectivity index (χ0n) is 10.3. The number of nitrogens with zero attached hydrogens (tertiary/aromatic N) is 1. The van der Waals surface area contributed by atoms with Crippen LogP contribution in [0.3, 0.4) is 0 Å². The summed E-state index contributed by atoms with van der Waals surface area (Å²) in [5.74, 6) is 0. The average Bonchev–Trinajstić information content (AvgIpc) is 2.48. The Balaban J connectivity index is 2.16. The van der Waals surface area contributed by atoms with Crippen molar-refractivity contribution in [2.24, 2.45) is 0 Å². The van der Waals surface area contributed by atoms with E-state index in [1.54, 1.807) is 12.1 Å². The first-order valence-corrected chi connectivity index (χ1v) is 6.68. The number of thioether (sulfide) groups is 1. The second kappa shape index (κ2) is 6.79. The molecular weight excluding hydrogens is 254 g/mol. The molecule has 0 saturated heterocycles. The molecule has 2 aromatic carbocycles. The first-order chi connectivity index (χ1) is 9.31. The highest BCUT2D eigenvalue weighted by atomic mass is 32.2. The minimum atomic E-state index is -0.000434. The maximum atomic E-state index is 9.41. The van der Waals surface area contributed by atoms with Crippen molar-refractivity contribution < 1.29 is 5.11 Å². The van der Waals surface area contributed by atoms with Gasteiger partial charge in [0.1, 0.15) is 0 Å². The van der Waals surface area contributed by atoms with Gasteiger partial charge in [-0.3, -0.25) is 0 Å². The molecule has 0 amide bonds. The Kier molecular flexibility index (Phi) is 4.79. The van der Waals surface area contributed by atoms with E-state index in [0.29, 0.717) is 5.56 Å². The topological polar surface area (TPSA) is 44.0 Å². The average molecular weight is 267 g/mol. The van der Waals surface area contributed by atoms with Crippen LogP contribution in [0.15, 0.2) is 64.4 Å². The summed E-state index contributed by atoms with van der Waals surface area (Å²) in [4.78, 5) is 1.97. The van der Waals surface area contributed by atoms with E-state index in [1.165, 1.54) is 11.8 Å². The van der Waals surface area contributed by atoms with Crippen molar-refractivity contribution in [2.45, 2.75) is 4.90 Å². The van der Waals surface area contributed by atoms with Crippen LogP contribution in [0, 0.1) is 11.3 Å². The van der Waals surface area contributed by atoms with Crippen molar-refractivity contribution in [2.75, 3.05) is 6.61 Å². The van der Waals surface area contributed by atoms with Crippen molar-refractivity contribution in [1.82, 2.24) is 0 Å². The number of benzene rings is 2. The third-order valence-corrected chi connectivity index (χ3v) is 3.53. The Bertz CT molecular complexity index is 597. The molecule has 0 radical (unpaired) electrons. The normalized spacial score (nSPS) is 11.1. The van der Waals surface area contributed by atoms with Crippen molar-refractivity contribution >= 4 is 17.8 Å². The standard InChI is InChI=1S/C16H13NOS/c17-11-14-8-6-13(7-9-14)10-16(12-18)19-15-4-2-1-3-5-15/h1-10,18H,12H2/b16-10+. The highest BCUT2D eigenvalue weighted by molar-refractivity contribution is 8.03. The van der Waals surface area contributed by atoms with Gasteiger partial charge in [-0.25, -0.2) is 0 Å². The fourth-order valence-corrected chi connectivity index (χ4v) is 2.44. The maximum Gasteiger partial charge on any atom is 0.0991 e. The van der Waals surface area contributed by atoms with Gasteiger partial charge in [-0.2, -0.15) is 5.26 Å². The molecule has 94 valence electrons. The van der Waals surface area contributed by atoms with E-state index >= 15 is 0 Å². The third kappa shape index (κ3) is 3.99. The largest absolute Gasteiger partial charge is 0.391 e. The SMILES string of the molecule is N#Cc1ccc(/C=C(\CO)Sc2ccccc2)cc1. The van der Waals surface area contributed by atoms with Gasteiger partial charge in [-0.05, 0) is 35.9 Å². The van der Waals surface area contributed by atoms with Gasteiger partial charge in [0, 0.05) is 9.80 Å². The van der Waals surface area contributed by atoms with E-state index in [9.17, 15) is 5.11 Å². The molecule has 0 unspecified atom stereocenters. The van der Waals surface area contributed by atoms with Crippen LogP contribution in [0.5, 0.6) is 0 Å². The molecule has 0 aliphatic carbocycles. The summed E-state index contributed by atoms with van der Waals surface area (Å²) >= 11 is 1.54. The van der Waals surface area contributed by atoms with Crippen LogP contribution < -0.4 is 0 Å². The molecule has 19 heavy (non-hydrogen) atoms. The molecule has 0 bridgehead atoms. The molecule has 0 saturated carbocycles. The predicted molar refractivity (Wildman–Crippen MR) is 78.5 cm³/mol. The van der Waals surface area contributed by atoms with Crippen LogP contribution in [0.1, 0.15) is 11.1 Å². The summed E-state index contributed by atoms with van der Waals surface area (Å²) in [5, 5.41) is 18.1. The zero-order chi connectivity index (χ0) is 13.5. The van der Waals surface area contributed by atoms with Gasteiger partial charge in [0.2, 0.25) is 0 Å². The van der Waals surface area contributed by atoms with Crippen LogP contribution in [0.2, 0.25) is 0 Å². The molecule has 0 aromatic heterocycles. The second-order valence-electron chi connectivity index (χ2n) is 3.92. The Hall–Kier alpha value is -2.02. The van der Waals surface area contributed by atoms with E-state index in [4.69, 9.17) is 5.26 Å². The third-order valence-electron chi connectivity index (χ3n) is 2.52. The molecule has 1 N–H and O–H groups in total. The molecule has 3 heteroatoms. The highest BCUT2D eigenvalue weighted by Gasteiger charge is 2.00. The van der Waals surface area contributed by atoms with E-state index < -0.39 is 0 Å². The highest BCUT2D eigenvalue weighted by Crippen LogP contribution is 2.27. The quantitative estimate of drug-likeness (QED) is 0.859. The van der Waals surface area contributed by atoms with Gasteiger partial charge in [0.15, 0.2) is 0 Å². The molecule has 0 heterocycles. The molecular formula is C16H13NOS.